The Morgan fingerprint density at radius 1 is 1.28 bits per heavy atom. The fourth-order valence-electron chi connectivity index (χ4n) is 2.00. The number of ether oxygens (including phenoxy) is 2. The fraction of sp³-hybridized carbons (Fsp3) is 0.529. The Bertz CT molecular complexity index is 568. The van der Waals surface area contributed by atoms with Gasteiger partial charge in [0.15, 0.2) is 5.96 Å². The number of guanidine groups is 1. The minimum absolute atomic E-state index is 0. The number of nitrogens with one attached hydrogen (secondary N) is 2. The van der Waals surface area contributed by atoms with E-state index in [-0.39, 0.29) is 36.0 Å². The maximum atomic E-state index is 11.5. The lowest BCUT2D eigenvalue weighted by Gasteiger charge is -2.13. The van der Waals surface area contributed by atoms with Gasteiger partial charge in [0.25, 0.3) is 0 Å². The summed E-state index contributed by atoms with van der Waals surface area (Å²) in [4.78, 5) is 15.6. The van der Waals surface area contributed by atoms with Crippen LogP contribution in [0.3, 0.4) is 0 Å². The fourth-order valence-corrected chi connectivity index (χ4v) is 2.26. The number of carbonyl (C=O) groups excluding carboxylic acids is 1. The van der Waals surface area contributed by atoms with Gasteiger partial charge in [-0.2, -0.15) is 0 Å². The lowest BCUT2D eigenvalue weighted by molar-refractivity contribution is -0.147. The van der Waals surface area contributed by atoms with E-state index in [9.17, 15) is 4.79 Å². The van der Waals surface area contributed by atoms with Gasteiger partial charge >= 0.3 is 5.97 Å². The summed E-state index contributed by atoms with van der Waals surface area (Å²) in [5, 5.41) is 6.94. The van der Waals surface area contributed by atoms with Gasteiger partial charge in [-0.05, 0) is 38.0 Å². The highest BCUT2D eigenvalue weighted by atomic mass is 127. The molecule has 0 atom stereocenters. The van der Waals surface area contributed by atoms with Crippen LogP contribution in [0.1, 0.15) is 25.8 Å². The summed E-state index contributed by atoms with van der Waals surface area (Å²) in [7, 11) is 3.29. The van der Waals surface area contributed by atoms with Crippen LogP contribution in [0.25, 0.3) is 0 Å². The highest BCUT2D eigenvalue weighted by Gasteiger charge is 2.06. The Balaban J connectivity index is 0.00000576. The third-order valence-corrected chi connectivity index (χ3v) is 3.51. The SMILES string of the molecule is CN=C(NCCC(=O)OC(C)C)NCCc1ccc(OC)cc1Cl.I. The predicted molar refractivity (Wildman–Crippen MR) is 112 cm³/mol. The number of esters is 1. The van der Waals surface area contributed by atoms with E-state index in [0.29, 0.717) is 30.5 Å². The topological polar surface area (TPSA) is 72.0 Å². The Labute approximate surface area is 171 Å². The molecule has 0 spiro atoms. The molecule has 0 heterocycles. The molecule has 0 saturated heterocycles. The number of nitrogens with zero attached hydrogens (tertiary/aromatic N) is 1. The smallest absolute Gasteiger partial charge is 0.307 e. The molecule has 142 valence electrons. The van der Waals surface area contributed by atoms with Gasteiger partial charge < -0.3 is 20.1 Å². The van der Waals surface area contributed by atoms with Gasteiger partial charge in [-0.1, -0.05) is 17.7 Å². The molecule has 0 aromatic heterocycles. The number of halogens is 2. The molecule has 6 nitrogen and oxygen atoms in total. The van der Waals surface area contributed by atoms with Crippen LogP contribution in [0.5, 0.6) is 5.75 Å². The quantitative estimate of drug-likeness (QED) is 0.257. The van der Waals surface area contributed by atoms with Crippen LogP contribution < -0.4 is 15.4 Å². The van der Waals surface area contributed by atoms with E-state index in [2.05, 4.69) is 15.6 Å². The molecule has 1 rings (SSSR count). The van der Waals surface area contributed by atoms with Crippen molar-refractivity contribution in [3.05, 3.63) is 28.8 Å². The van der Waals surface area contributed by atoms with Gasteiger partial charge in [-0.15, -0.1) is 24.0 Å². The number of hydrogen-bond acceptors (Lipinski definition) is 4. The second kappa shape index (κ2) is 13.0. The molecule has 0 saturated carbocycles. The maximum absolute atomic E-state index is 11.5. The van der Waals surface area contributed by atoms with Gasteiger partial charge in [-0.3, -0.25) is 9.79 Å². The van der Waals surface area contributed by atoms with Gasteiger partial charge in [-0.25, -0.2) is 0 Å². The third-order valence-electron chi connectivity index (χ3n) is 3.16. The molecule has 0 aliphatic heterocycles. The van der Waals surface area contributed by atoms with E-state index < -0.39 is 0 Å². The molecular formula is C17H27ClIN3O3. The summed E-state index contributed by atoms with van der Waals surface area (Å²) in [5.41, 5.74) is 1.03. The number of benzene rings is 1. The van der Waals surface area contributed by atoms with Crippen molar-refractivity contribution in [1.29, 1.82) is 0 Å². The molecule has 0 aliphatic carbocycles. The Morgan fingerprint density at radius 2 is 1.96 bits per heavy atom. The molecule has 0 fully saturated rings. The van der Waals surface area contributed by atoms with E-state index in [1.54, 1.807) is 20.2 Å². The van der Waals surface area contributed by atoms with E-state index >= 15 is 0 Å². The molecule has 25 heavy (non-hydrogen) atoms. The normalized spacial score (nSPS) is 10.9. The van der Waals surface area contributed by atoms with Crippen molar-refractivity contribution in [1.82, 2.24) is 10.6 Å². The second-order valence-electron chi connectivity index (χ2n) is 5.42. The number of rotatable bonds is 8. The van der Waals surface area contributed by atoms with Crippen LogP contribution in [0.15, 0.2) is 23.2 Å². The average Bonchev–Trinajstić information content (AvgIpc) is 2.53. The monoisotopic (exact) mass is 483 g/mol. The number of hydrogen-bond donors (Lipinski definition) is 2. The van der Waals surface area contributed by atoms with Crippen molar-refractivity contribution in [2.75, 3.05) is 27.2 Å². The van der Waals surface area contributed by atoms with Crippen LogP contribution in [0, 0.1) is 0 Å². The zero-order chi connectivity index (χ0) is 17.9. The third kappa shape index (κ3) is 9.74. The highest BCUT2D eigenvalue weighted by molar-refractivity contribution is 14.0. The van der Waals surface area contributed by atoms with Gasteiger partial charge in [0, 0.05) is 25.2 Å². The minimum Gasteiger partial charge on any atom is -0.497 e. The van der Waals surface area contributed by atoms with Crippen LogP contribution in [0.2, 0.25) is 5.02 Å². The zero-order valence-electron chi connectivity index (χ0n) is 15.1. The van der Waals surface area contributed by atoms with Crippen LogP contribution in [-0.4, -0.2) is 45.3 Å². The van der Waals surface area contributed by atoms with Crippen molar-refractivity contribution in [2.45, 2.75) is 32.8 Å². The standard InChI is InChI=1S/C17H26ClN3O3.HI/c1-12(2)24-16(22)8-10-21-17(19-3)20-9-7-13-5-6-14(23-4)11-15(13)18;/h5-6,11-12H,7-10H2,1-4H3,(H2,19,20,21);1H. The molecule has 0 radical (unpaired) electrons. The van der Waals surface area contributed by atoms with E-state index in [1.165, 1.54) is 0 Å². The first-order valence-corrected chi connectivity index (χ1v) is 8.30. The summed E-state index contributed by atoms with van der Waals surface area (Å²) < 4.78 is 10.2. The molecule has 0 aliphatic rings. The molecule has 1 aromatic rings. The van der Waals surface area contributed by atoms with Gasteiger partial charge in [0.2, 0.25) is 0 Å². The lowest BCUT2D eigenvalue weighted by atomic mass is 10.1. The molecule has 2 N–H and O–H groups in total. The molecule has 0 unspecified atom stereocenters. The minimum atomic E-state index is -0.224. The second-order valence-corrected chi connectivity index (χ2v) is 5.83. The van der Waals surface area contributed by atoms with Crippen molar-refractivity contribution in [3.8, 4) is 5.75 Å². The van der Waals surface area contributed by atoms with Crippen LogP contribution in [-0.2, 0) is 16.0 Å². The van der Waals surface area contributed by atoms with Crippen LogP contribution >= 0.6 is 35.6 Å². The average molecular weight is 484 g/mol. The Morgan fingerprint density at radius 3 is 2.52 bits per heavy atom. The molecular weight excluding hydrogens is 457 g/mol. The highest BCUT2D eigenvalue weighted by Crippen LogP contribution is 2.22. The van der Waals surface area contributed by atoms with E-state index in [4.69, 9.17) is 21.1 Å². The molecule has 8 heteroatoms. The maximum Gasteiger partial charge on any atom is 0.307 e. The molecule has 1 aromatic carbocycles. The summed E-state index contributed by atoms with van der Waals surface area (Å²) >= 11 is 6.21. The lowest BCUT2D eigenvalue weighted by Crippen LogP contribution is -2.39. The largest absolute Gasteiger partial charge is 0.497 e. The molecule has 0 amide bonds. The number of carbonyl (C=O) groups is 1. The zero-order valence-corrected chi connectivity index (χ0v) is 18.2. The first-order chi connectivity index (χ1) is 11.5. The van der Waals surface area contributed by atoms with Gasteiger partial charge in [0.1, 0.15) is 5.75 Å². The van der Waals surface area contributed by atoms with Crippen molar-refractivity contribution >= 4 is 47.5 Å². The number of methoxy groups -OCH3 is 1. The summed E-state index contributed by atoms with van der Waals surface area (Å²) in [6.45, 7) is 4.79. The number of aliphatic imine (C=N–C) groups is 1. The first kappa shape index (κ1) is 23.8. The van der Waals surface area contributed by atoms with E-state index in [0.717, 1.165) is 17.7 Å². The summed E-state index contributed by atoms with van der Waals surface area (Å²) in [5.74, 6) is 1.15. The summed E-state index contributed by atoms with van der Waals surface area (Å²) in [6.07, 6.45) is 0.950. The van der Waals surface area contributed by atoms with Crippen molar-refractivity contribution in [3.63, 3.8) is 0 Å². The Hall–Kier alpha value is -1.22. The van der Waals surface area contributed by atoms with E-state index in [1.807, 2.05) is 26.0 Å². The van der Waals surface area contributed by atoms with Crippen molar-refractivity contribution in [2.24, 2.45) is 4.99 Å². The van der Waals surface area contributed by atoms with Crippen molar-refractivity contribution < 1.29 is 14.3 Å². The Kier molecular flexibility index (Phi) is 12.4. The molecule has 0 bridgehead atoms. The van der Waals surface area contributed by atoms with Gasteiger partial charge in [0.05, 0.1) is 19.6 Å². The summed E-state index contributed by atoms with van der Waals surface area (Å²) in [6, 6.07) is 5.62. The first-order valence-electron chi connectivity index (χ1n) is 7.92. The van der Waals surface area contributed by atoms with Crippen LogP contribution in [0.4, 0.5) is 0 Å². The predicted octanol–water partition coefficient (Wildman–Crippen LogP) is 3.02.